The fourth-order valence-electron chi connectivity index (χ4n) is 2.10. The molecule has 0 aliphatic rings. The van der Waals surface area contributed by atoms with Crippen molar-refractivity contribution in [2.24, 2.45) is 0 Å². The normalized spacial score (nSPS) is 12.0. The van der Waals surface area contributed by atoms with Crippen LogP contribution in [0.15, 0.2) is 54.6 Å². The molecule has 0 spiro atoms. The maximum absolute atomic E-state index is 12.2. The summed E-state index contributed by atoms with van der Waals surface area (Å²) in [7, 11) is 1.59. The van der Waals surface area contributed by atoms with Crippen LogP contribution in [0.1, 0.15) is 28.4 Å². The number of hydrogen-bond donors (Lipinski definition) is 0. The summed E-state index contributed by atoms with van der Waals surface area (Å²) in [6.45, 7) is 3.52. The third-order valence-electron chi connectivity index (χ3n) is 3.53. The first-order chi connectivity index (χ1) is 11.5. The average molecular weight is 324 g/mol. The Morgan fingerprint density at radius 1 is 1.00 bits per heavy atom. The fourth-order valence-corrected chi connectivity index (χ4v) is 2.10. The van der Waals surface area contributed by atoms with E-state index in [0.29, 0.717) is 5.56 Å². The van der Waals surface area contributed by atoms with Gasteiger partial charge in [-0.3, -0.25) is 4.79 Å². The van der Waals surface area contributed by atoms with E-state index < -0.39 is 12.1 Å². The summed E-state index contributed by atoms with van der Waals surface area (Å²) in [5, 5.41) is 0. The first kappa shape index (κ1) is 17.5. The van der Waals surface area contributed by atoms with Crippen LogP contribution in [0, 0.1) is 6.92 Å². The van der Waals surface area contributed by atoms with Gasteiger partial charge in [0.15, 0.2) is 6.10 Å². The highest BCUT2D eigenvalue weighted by molar-refractivity contribution is 6.01. The Labute approximate surface area is 141 Å². The zero-order valence-electron chi connectivity index (χ0n) is 14.0. The quantitative estimate of drug-likeness (QED) is 0.460. The molecule has 4 heteroatoms. The zero-order chi connectivity index (χ0) is 17.5. The highest BCUT2D eigenvalue weighted by atomic mass is 16.5. The number of benzene rings is 2. The Morgan fingerprint density at radius 3 is 2.21 bits per heavy atom. The summed E-state index contributed by atoms with van der Waals surface area (Å²) >= 11 is 0. The van der Waals surface area contributed by atoms with Crippen molar-refractivity contribution in [2.45, 2.75) is 20.0 Å². The Bertz CT molecular complexity index is 727. The molecule has 0 fully saturated rings. The second-order valence-electron chi connectivity index (χ2n) is 5.42. The highest BCUT2D eigenvalue weighted by Crippen LogP contribution is 2.13. The summed E-state index contributed by atoms with van der Waals surface area (Å²) in [6, 6.07) is 14.4. The topological polar surface area (TPSA) is 52.6 Å². The predicted molar refractivity (Wildman–Crippen MR) is 93.1 cm³/mol. The summed E-state index contributed by atoms with van der Waals surface area (Å²) in [6.07, 6.45) is 2.10. The van der Waals surface area contributed by atoms with Gasteiger partial charge in [0.25, 0.3) is 0 Å². The lowest BCUT2D eigenvalue weighted by Crippen LogP contribution is -2.23. The molecule has 0 saturated heterocycles. The van der Waals surface area contributed by atoms with Gasteiger partial charge in [-0.15, -0.1) is 0 Å². The van der Waals surface area contributed by atoms with E-state index >= 15 is 0 Å². The van der Waals surface area contributed by atoms with Crippen molar-refractivity contribution in [2.75, 3.05) is 7.11 Å². The SMILES string of the molecule is COc1ccc(/C=C/C(=O)O[C@@H](C)C(=O)c2ccc(C)cc2)cc1. The molecule has 0 radical (unpaired) electrons. The van der Waals surface area contributed by atoms with Crippen molar-refractivity contribution in [3.05, 3.63) is 71.3 Å². The number of carbonyl (C=O) groups is 2. The van der Waals surface area contributed by atoms with Crippen LogP contribution in [0.25, 0.3) is 6.08 Å². The van der Waals surface area contributed by atoms with Crippen LogP contribution in [-0.2, 0) is 9.53 Å². The van der Waals surface area contributed by atoms with Gasteiger partial charge < -0.3 is 9.47 Å². The number of rotatable bonds is 6. The van der Waals surface area contributed by atoms with Crippen molar-refractivity contribution in [1.82, 2.24) is 0 Å². The molecule has 0 amide bonds. The van der Waals surface area contributed by atoms with Gasteiger partial charge in [0.1, 0.15) is 5.75 Å². The molecule has 0 unspecified atom stereocenters. The second-order valence-corrected chi connectivity index (χ2v) is 5.42. The molecule has 24 heavy (non-hydrogen) atoms. The molecule has 2 aromatic carbocycles. The molecule has 0 bridgehead atoms. The number of ether oxygens (including phenoxy) is 2. The molecule has 2 aromatic rings. The van der Waals surface area contributed by atoms with Gasteiger partial charge in [0.2, 0.25) is 5.78 Å². The molecule has 2 rings (SSSR count). The molecule has 0 aromatic heterocycles. The van der Waals surface area contributed by atoms with E-state index in [2.05, 4.69) is 0 Å². The van der Waals surface area contributed by atoms with Gasteiger partial charge in [-0.2, -0.15) is 0 Å². The van der Waals surface area contributed by atoms with Crippen molar-refractivity contribution >= 4 is 17.8 Å². The number of esters is 1. The lowest BCUT2D eigenvalue weighted by atomic mass is 10.1. The van der Waals surface area contributed by atoms with Crippen molar-refractivity contribution in [3.8, 4) is 5.75 Å². The van der Waals surface area contributed by atoms with Crippen LogP contribution in [-0.4, -0.2) is 25.0 Å². The summed E-state index contributed by atoms with van der Waals surface area (Å²) in [5.41, 5.74) is 2.43. The van der Waals surface area contributed by atoms with Gasteiger partial charge in [-0.05, 0) is 37.6 Å². The van der Waals surface area contributed by atoms with Gasteiger partial charge in [-0.25, -0.2) is 4.79 Å². The lowest BCUT2D eigenvalue weighted by molar-refractivity contribution is -0.140. The number of ketones is 1. The average Bonchev–Trinajstić information content (AvgIpc) is 2.60. The first-order valence-corrected chi connectivity index (χ1v) is 7.63. The van der Waals surface area contributed by atoms with Gasteiger partial charge in [0.05, 0.1) is 7.11 Å². The van der Waals surface area contributed by atoms with E-state index in [4.69, 9.17) is 9.47 Å². The van der Waals surface area contributed by atoms with Crippen molar-refractivity contribution in [3.63, 3.8) is 0 Å². The standard InChI is InChI=1S/C20H20O4/c1-14-4-9-17(10-5-14)20(22)15(2)24-19(21)13-8-16-6-11-18(23-3)12-7-16/h4-13,15H,1-3H3/b13-8+/t15-/m0/s1. The highest BCUT2D eigenvalue weighted by Gasteiger charge is 2.18. The Kier molecular flexibility index (Phi) is 5.90. The first-order valence-electron chi connectivity index (χ1n) is 7.63. The molecular formula is C20H20O4. The number of hydrogen-bond acceptors (Lipinski definition) is 4. The third-order valence-corrected chi connectivity index (χ3v) is 3.53. The van der Waals surface area contributed by atoms with Gasteiger partial charge in [-0.1, -0.05) is 42.0 Å². The second kappa shape index (κ2) is 8.11. The van der Waals surface area contributed by atoms with Crippen LogP contribution in [0.5, 0.6) is 5.75 Å². The summed E-state index contributed by atoms with van der Waals surface area (Å²) in [4.78, 5) is 24.1. The minimum absolute atomic E-state index is 0.221. The van der Waals surface area contributed by atoms with E-state index in [1.54, 1.807) is 44.4 Å². The van der Waals surface area contributed by atoms with Crippen molar-refractivity contribution in [1.29, 1.82) is 0 Å². The fraction of sp³-hybridized carbons (Fsp3) is 0.200. The van der Waals surface area contributed by atoms with Crippen LogP contribution >= 0.6 is 0 Å². The molecule has 0 saturated carbocycles. The number of aryl methyl sites for hydroxylation is 1. The lowest BCUT2D eigenvalue weighted by Gasteiger charge is -2.11. The van der Waals surface area contributed by atoms with E-state index in [-0.39, 0.29) is 5.78 Å². The van der Waals surface area contributed by atoms with Crippen LogP contribution in [0.2, 0.25) is 0 Å². The molecule has 0 aliphatic heterocycles. The smallest absolute Gasteiger partial charge is 0.331 e. The van der Waals surface area contributed by atoms with Gasteiger partial charge in [0, 0.05) is 11.6 Å². The van der Waals surface area contributed by atoms with E-state index in [0.717, 1.165) is 16.9 Å². The molecule has 124 valence electrons. The molecule has 1 atom stereocenters. The van der Waals surface area contributed by atoms with E-state index in [9.17, 15) is 9.59 Å². The van der Waals surface area contributed by atoms with Crippen LogP contribution in [0.3, 0.4) is 0 Å². The minimum atomic E-state index is -0.833. The zero-order valence-corrected chi connectivity index (χ0v) is 14.0. The summed E-state index contributed by atoms with van der Waals surface area (Å²) in [5.74, 6) is -0.0352. The van der Waals surface area contributed by atoms with E-state index in [1.807, 2.05) is 31.2 Å². The molecule has 0 N–H and O–H groups in total. The number of methoxy groups -OCH3 is 1. The Balaban J connectivity index is 1.93. The number of carbonyl (C=O) groups excluding carboxylic acids is 2. The molecule has 0 heterocycles. The van der Waals surface area contributed by atoms with Gasteiger partial charge >= 0.3 is 5.97 Å². The monoisotopic (exact) mass is 324 g/mol. The molecular weight excluding hydrogens is 304 g/mol. The van der Waals surface area contributed by atoms with Crippen LogP contribution < -0.4 is 4.74 Å². The maximum atomic E-state index is 12.2. The predicted octanol–water partition coefficient (Wildman–Crippen LogP) is 3.83. The third kappa shape index (κ3) is 4.81. The Morgan fingerprint density at radius 2 is 1.62 bits per heavy atom. The largest absolute Gasteiger partial charge is 0.497 e. The van der Waals surface area contributed by atoms with Crippen LogP contribution in [0.4, 0.5) is 0 Å². The molecule has 0 aliphatic carbocycles. The molecule has 4 nitrogen and oxygen atoms in total. The van der Waals surface area contributed by atoms with Crippen molar-refractivity contribution < 1.29 is 19.1 Å². The summed E-state index contributed by atoms with van der Waals surface area (Å²) < 4.78 is 10.2. The number of Topliss-reactive ketones (excluding diaryl/α,β-unsaturated/α-hetero) is 1. The maximum Gasteiger partial charge on any atom is 0.331 e. The van der Waals surface area contributed by atoms with E-state index in [1.165, 1.54) is 6.08 Å². The minimum Gasteiger partial charge on any atom is -0.497 e. The Hall–Kier alpha value is -2.88.